The molecule has 2 heteroatoms. The summed E-state index contributed by atoms with van der Waals surface area (Å²) in [5, 5.41) is 9.83. The molecule has 19 heavy (non-hydrogen) atoms. The summed E-state index contributed by atoms with van der Waals surface area (Å²) in [6, 6.07) is 16.5. The van der Waals surface area contributed by atoms with E-state index in [1.807, 2.05) is 6.07 Å². The third-order valence-electron chi connectivity index (χ3n) is 3.88. The third-order valence-corrected chi connectivity index (χ3v) is 3.88. The number of hydrogen-bond donors (Lipinski definition) is 1. The lowest BCUT2D eigenvalue weighted by Gasteiger charge is -2.29. The summed E-state index contributed by atoms with van der Waals surface area (Å²) in [4.78, 5) is 2.47. The average Bonchev–Trinajstić information content (AvgIpc) is 2.46. The van der Waals surface area contributed by atoms with Crippen molar-refractivity contribution in [1.82, 2.24) is 4.90 Å². The summed E-state index contributed by atoms with van der Waals surface area (Å²) in [7, 11) is 0. The number of hydrogen-bond acceptors (Lipinski definition) is 2. The van der Waals surface area contributed by atoms with Gasteiger partial charge < -0.3 is 5.11 Å². The molecule has 1 aliphatic heterocycles. The molecule has 1 aliphatic rings. The van der Waals surface area contributed by atoms with Crippen molar-refractivity contribution in [3.8, 4) is 5.75 Å². The fourth-order valence-electron chi connectivity index (χ4n) is 2.77. The summed E-state index contributed by atoms with van der Waals surface area (Å²) in [5.41, 5.74) is 3.81. The van der Waals surface area contributed by atoms with Gasteiger partial charge in [0.2, 0.25) is 0 Å². The molecule has 2 nitrogen and oxygen atoms in total. The van der Waals surface area contributed by atoms with Crippen molar-refractivity contribution in [3.05, 3.63) is 65.2 Å². The van der Waals surface area contributed by atoms with E-state index in [9.17, 15) is 5.11 Å². The lowest BCUT2D eigenvalue weighted by Crippen LogP contribution is -2.32. The van der Waals surface area contributed by atoms with E-state index in [0.717, 1.165) is 38.0 Å². The van der Waals surface area contributed by atoms with Gasteiger partial charge in [-0.25, -0.2) is 0 Å². The molecule has 0 fully saturated rings. The minimum absolute atomic E-state index is 0.459. The van der Waals surface area contributed by atoms with Gasteiger partial charge >= 0.3 is 0 Å². The molecule has 0 atom stereocenters. The van der Waals surface area contributed by atoms with Crippen LogP contribution in [0.4, 0.5) is 0 Å². The zero-order chi connectivity index (χ0) is 13.1. The van der Waals surface area contributed by atoms with Crippen molar-refractivity contribution >= 4 is 0 Å². The summed E-state index contributed by atoms with van der Waals surface area (Å²) >= 11 is 0. The Bertz CT molecular complexity index is 550. The molecule has 0 bridgehead atoms. The first-order valence-electron chi connectivity index (χ1n) is 6.89. The topological polar surface area (TPSA) is 23.5 Å². The second kappa shape index (κ2) is 5.45. The first kappa shape index (κ1) is 12.2. The number of phenolic OH excluding ortho intramolecular Hbond substituents is 1. The number of aromatic hydroxyl groups is 1. The lowest BCUT2D eigenvalue weighted by molar-refractivity contribution is 0.255. The zero-order valence-electron chi connectivity index (χ0n) is 11.0. The molecule has 2 aromatic rings. The minimum Gasteiger partial charge on any atom is -0.508 e. The molecule has 0 aromatic heterocycles. The minimum atomic E-state index is 0.459. The number of phenols is 1. The maximum Gasteiger partial charge on any atom is 0.119 e. The highest BCUT2D eigenvalue weighted by molar-refractivity contribution is 5.40. The Balaban J connectivity index is 1.63. The van der Waals surface area contributed by atoms with Crippen LogP contribution in [0.1, 0.15) is 16.7 Å². The van der Waals surface area contributed by atoms with Crippen LogP contribution in [0.5, 0.6) is 5.75 Å². The Morgan fingerprint density at radius 3 is 2.68 bits per heavy atom. The van der Waals surface area contributed by atoms with E-state index in [-0.39, 0.29) is 0 Å². The van der Waals surface area contributed by atoms with Crippen LogP contribution >= 0.6 is 0 Å². The first-order chi connectivity index (χ1) is 9.33. The Kier molecular flexibility index (Phi) is 3.51. The molecule has 0 amide bonds. The summed E-state index contributed by atoms with van der Waals surface area (Å²) in [6.45, 7) is 3.08. The van der Waals surface area contributed by atoms with Crippen molar-refractivity contribution in [3.63, 3.8) is 0 Å². The van der Waals surface area contributed by atoms with Crippen molar-refractivity contribution in [1.29, 1.82) is 0 Å². The highest BCUT2D eigenvalue weighted by Crippen LogP contribution is 2.26. The highest BCUT2D eigenvalue weighted by atomic mass is 16.3. The molecular formula is C17H19NO. The Labute approximate surface area is 114 Å². The fraction of sp³-hybridized carbons (Fsp3) is 0.294. The van der Waals surface area contributed by atoms with Crippen molar-refractivity contribution in [2.24, 2.45) is 0 Å². The van der Waals surface area contributed by atoms with E-state index in [1.165, 1.54) is 11.1 Å². The molecule has 2 aromatic carbocycles. The lowest BCUT2D eigenvalue weighted by atomic mass is 9.98. The average molecular weight is 253 g/mol. The number of nitrogens with zero attached hydrogens (tertiary/aromatic N) is 1. The Hall–Kier alpha value is -1.80. The molecule has 0 aliphatic carbocycles. The van der Waals surface area contributed by atoms with Crippen molar-refractivity contribution < 1.29 is 5.11 Å². The number of fused-ring (bicyclic) bond motifs is 1. The van der Waals surface area contributed by atoms with Crippen molar-refractivity contribution in [2.75, 3.05) is 13.1 Å². The van der Waals surface area contributed by atoms with Gasteiger partial charge in [0.15, 0.2) is 0 Å². The van der Waals surface area contributed by atoms with Crippen LogP contribution in [0.3, 0.4) is 0 Å². The normalized spacial score (nSPS) is 15.2. The van der Waals surface area contributed by atoms with Crippen LogP contribution in [-0.4, -0.2) is 23.1 Å². The fourth-order valence-corrected chi connectivity index (χ4v) is 2.77. The number of benzene rings is 2. The van der Waals surface area contributed by atoms with Crippen molar-refractivity contribution in [2.45, 2.75) is 19.4 Å². The summed E-state index contributed by atoms with van der Waals surface area (Å²) < 4.78 is 0. The van der Waals surface area contributed by atoms with Gasteiger partial charge in [0, 0.05) is 19.6 Å². The molecule has 0 spiro atoms. The summed E-state index contributed by atoms with van der Waals surface area (Å²) in [6.07, 6.45) is 2.05. The molecule has 98 valence electrons. The van der Waals surface area contributed by atoms with Gasteiger partial charge in [-0.05, 0) is 35.6 Å². The molecule has 0 saturated carbocycles. The third kappa shape index (κ3) is 2.79. The molecule has 3 rings (SSSR count). The maximum absolute atomic E-state index is 9.83. The predicted molar refractivity (Wildman–Crippen MR) is 77.2 cm³/mol. The Morgan fingerprint density at radius 2 is 1.84 bits per heavy atom. The highest BCUT2D eigenvalue weighted by Gasteiger charge is 2.17. The van der Waals surface area contributed by atoms with Crippen LogP contribution in [0.15, 0.2) is 48.5 Å². The van der Waals surface area contributed by atoms with Gasteiger partial charge in [0.25, 0.3) is 0 Å². The van der Waals surface area contributed by atoms with Gasteiger partial charge in [0.05, 0.1) is 0 Å². The molecule has 1 N–H and O–H groups in total. The van der Waals surface area contributed by atoms with E-state index in [2.05, 4.69) is 41.3 Å². The molecule has 0 unspecified atom stereocenters. The zero-order valence-corrected chi connectivity index (χ0v) is 11.0. The van der Waals surface area contributed by atoms with Crippen LogP contribution < -0.4 is 0 Å². The maximum atomic E-state index is 9.83. The Morgan fingerprint density at radius 1 is 1.00 bits per heavy atom. The van der Waals surface area contributed by atoms with E-state index in [4.69, 9.17) is 0 Å². The van der Waals surface area contributed by atoms with Crippen LogP contribution in [0.2, 0.25) is 0 Å². The van der Waals surface area contributed by atoms with Gasteiger partial charge in [-0.15, -0.1) is 0 Å². The SMILES string of the molecule is Oc1cccc2c1CCN(CCc1ccccc1)C2. The van der Waals surface area contributed by atoms with E-state index in [0.29, 0.717) is 5.75 Å². The van der Waals surface area contributed by atoms with Crippen LogP contribution in [0.25, 0.3) is 0 Å². The van der Waals surface area contributed by atoms with E-state index in [1.54, 1.807) is 6.07 Å². The van der Waals surface area contributed by atoms with E-state index < -0.39 is 0 Å². The van der Waals surface area contributed by atoms with Gasteiger partial charge in [-0.1, -0.05) is 42.5 Å². The largest absolute Gasteiger partial charge is 0.508 e. The second-order valence-corrected chi connectivity index (χ2v) is 5.18. The molecule has 1 heterocycles. The smallest absolute Gasteiger partial charge is 0.119 e. The molecular weight excluding hydrogens is 234 g/mol. The first-order valence-corrected chi connectivity index (χ1v) is 6.89. The van der Waals surface area contributed by atoms with Crippen LogP contribution in [0, 0.1) is 0 Å². The molecule has 0 saturated heterocycles. The monoisotopic (exact) mass is 253 g/mol. The predicted octanol–water partition coefficient (Wildman–Crippen LogP) is 2.99. The second-order valence-electron chi connectivity index (χ2n) is 5.18. The van der Waals surface area contributed by atoms with Crippen LogP contribution in [-0.2, 0) is 19.4 Å². The quantitative estimate of drug-likeness (QED) is 0.909. The van der Waals surface area contributed by atoms with Gasteiger partial charge in [-0.2, -0.15) is 0 Å². The number of rotatable bonds is 3. The molecule has 0 radical (unpaired) electrons. The van der Waals surface area contributed by atoms with E-state index >= 15 is 0 Å². The standard InChI is InChI=1S/C17H19NO/c19-17-8-4-7-15-13-18(12-10-16(15)17)11-9-14-5-2-1-3-6-14/h1-8,19H,9-13H2. The summed E-state index contributed by atoms with van der Waals surface area (Å²) in [5.74, 6) is 0.459. The van der Waals surface area contributed by atoms with Gasteiger partial charge in [-0.3, -0.25) is 4.90 Å². The van der Waals surface area contributed by atoms with Gasteiger partial charge in [0.1, 0.15) is 5.75 Å².